The van der Waals surface area contributed by atoms with Gasteiger partial charge in [0.1, 0.15) is 17.5 Å². The van der Waals surface area contributed by atoms with E-state index in [9.17, 15) is 29.7 Å². The molecule has 1 saturated heterocycles. The molecule has 7 rings (SSSR count). The van der Waals surface area contributed by atoms with Gasteiger partial charge in [-0.1, -0.05) is 94.4 Å². The van der Waals surface area contributed by atoms with E-state index < -0.39 is 94.6 Å². The Hall–Kier alpha value is -3.44. The number of rotatable bonds is 10. The molecule has 12 nitrogen and oxygen atoms in total. The number of fused-ring (bicyclic) bond motifs is 5. The second-order valence-corrected chi connectivity index (χ2v) is 16.8. The smallest absolute Gasteiger partial charge is 0.345 e. The van der Waals surface area contributed by atoms with Crippen LogP contribution in [-0.4, -0.2) is 87.8 Å². The van der Waals surface area contributed by atoms with Crippen LogP contribution in [0.25, 0.3) is 0 Å². The van der Waals surface area contributed by atoms with Crippen LogP contribution in [-0.2, 0) is 28.6 Å². The number of para-hydroxylation sites is 1. The molecule has 1 amide bonds. The van der Waals surface area contributed by atoms with Crippen LogP contribution in [0.4, 0.5) is 0 Å². The van der Waals surface area contributed by atoms with Crippen molar-refractivity contribution in [2.75, 3.05) is 13.2 Å². The van der Waals surface area contributed by atoms with E-state index in [4.69, 9.17) is 18.9 Å². The molecule has 2 bridgehead atoms. The number of benzene rings is 3. The Morgan fingerprint density at radius 1 is 0.914 bits per heavy atom. The first-order chi connectivity index (χ1) is 27.0. The van der Waals surface area contributed by atoms with E-state index in [0.29, 0.717) is 35.3 Å². The van der Waals surface area contributed by atoms with Crippen molar-refractivity contribution in [1.82, 2.24) is 5.32 Å². The topological polar surface area (TPSA) is 178 Å². The van der Waals surface area contributed by atoms with Gasteiger partial charge in [-0.2, -0.15) is 0 Å². The first kappa shape index (κ1) is 44.1. The van der Waals surface area contributed by atoms with Crippen LogP contribution in [0.2, 0.25) is 0 Å². The summed E-state index contributed by atoms with van der Waals surface area (Å²) in [6.07, 6.45) is -4.68. The predicted octanol–water partition coefficient (Wildman–Crippen LogP) is 4.66. The number of esters is 2. The zero-order chi connectivity index (χ0) is 40.9. The summed E-state index contributed by atoms with van der Waals surface area (Å²) >= 11 is 0. The summed E-state index contributed by atoms with van der Waals surface area (Å²) in [5.41, 5.74) is -4.35. The zero-order valence-corrected chi connectivity index (χ0v) is 38.2. The molecule has 10 atom stereocenters. The Kier molecular flexibility index (Phi) is 12.9. The molecule has 4 N–H and O–H groups in total. The van der Waals surface area contributed by atoms with Crippen LogP contribution in [0, 0.1) is 66.7 Å². The Morgan fingerprint density at radius 3 is 2.12 bits per heavy atom. The molecule has 58 heavy (non-hydrogen) atoms. The number of hydrogen-bond donors (Lipinski definition) is 4. The number of carbonyl (C=O) groups is 4. The molecule has 3 aliphatic carbocycles. The number of nitrogens with one attached hydrogen (secondary N) is 1. The SMILES string of the molecule is CC1=C2C(OC(=O)COc3ccccc3)C(=O)[C@]3(C)CCC4OCC4(O)C3[C@H](C)C(O)(CC1OC(=O)C(O)C(NC(=O)c1ccccc1)c1ccccc1)C2(C)C.[Ac]. The van der Waals surface area contributed by atoms with E-state index in [-0.39, 0.29) is 62.7 Å². The molecule has 3 fully saturated rings. The van der Waals surface area contributed by atoms with Crippen molar-refractivity contribution in [1.29, 1.82) is 0 Å². The molecule has 13 heteroatoms. The molecule has 3 aromatic rings. The number of ketones is 1. The summed E-state index contributed by atoms with van der Waals surface area (Å²) in [4.78, 5) is 56.3. The molecular formula is C45H51AcNO11. The molecule has 8 unspecified atom stereocenters. The zero-order valence-electron chi connectivity index (χ0n) is 33.4. The number of aliphatic hydroxyl groups excluding tert-OH is 1. The van der Waals surface area contributed by atoms with E-state index in [1.807, 2.05) is 0 Å². The van der Waals surface area contributed by atoms with Crippen LogP contribution in [0.5, 0.6) is 5.75 Å². The van der Waals surface area contributed by atoms with Gasteiger partial charge in [-0.3, -0.25) is 9.59 Å². The van der Waals surface area contributed by atoms with Gasteiger partial charge in [0.25, 0.3) is 5.91 Å². The fourth-order valence-corrected chi connectivity index (χ4v) is 10.2. The maximum Gasteiger partial charge on any atom is 0.345 e. The third-order valence-electron chi connectivity index (χ3n) is 13.3. The van der Waals surface area contributed by atoms with Gasteiger partial charge in [0, 0.05) is 72.8 Å². The minimum Gasteiger partial charge on any atom is -0.482 e. The second-order valence-electron chi connectivity index (χ2n) is 16.8. The monoisotopic (exact) mass is 1010 g/mol. The number of aliphatic hydroxyl groups is 3. The average molecular weight is 1010 g/mol. The predicted molar refractivity (Wildman–Crippen MR) is 207 cm³/mol. The summed E-state index contributed by atoms with van der Waals surface area (Å²) in [7, 11) is 0. The van der Waals surface area contributed by atoms with E-state index in [1.54, 1.807) is 126 Å². The van der Waals surface area contributed by atoms with Gasteiger partial charge in [0.2, 0.25) is 0 Å². The third-order valence-corrected chi connectivity index (χ3v) is 13.3. The van der Waals surface area contributed by atoms with Gasteiger partial charge in [0.05, 0.1) is 24.4 Å². The van der Waals surface area contributed by atoms with Crippen molar-refractivity contribution in [3.05, 3.63) is 113 Å². The van der Waals surface area contributed by atoms with E-state index in [2.05, 4.69) is 5.32 Å². The van der Waals surface area contributed by atoms with Crippen LogP contribution in [0.1, 0.15) is 75.8 Å². The first-order valence-electron chi connectivity index (χ1n) is 19.5. The summed E-state index contributed by atoms with van der Waals surface area (Å²) in [5, 5.41) is 39.9. The van der Waals surface area contributed by atoms with Crippen molar-refractivity contribution in [2.45, 2.75) is 95.5 Å². The molecule has 2 saturated carbocycles. The summed E-state index contributed by atoms with van der Waals surface area (Å²) in [6.45, 7) is 8.20. The number of ether oxygens (including phenoxy) is 4. The Labute approximate surface area is 374 Å². The minimum absolute atomic E-state index is 0. The standard InChI is InChI=1S/C45H51NO11.Ac/c1-26-31(56-41(51)36(48)35(28-15-9-6-10-16-28)46-40(50)29-17-11-7-12-18-29)23-45(53)27(2)38-43(5,22-21-32-44(38,52)25-55-32)39(49)37(34(26)42(45,3)4)57-33(47)24-54-30-19-13-8-14-20-30;/h6-20,27,31-32,35-38,48,52-53H,21-25H2,1-5H3,(H,46,50);/t27-,31?,32?,35?,36?,37?,38?,43+,44?,45?;/m0./s1. The maximum atomic E-state index is 15.2. The summed E-state index contributed by atoms with van der Waals surface area (Å²) < 4.78 is 23.7. The maximum absolute atomic E-state index is 15.2. The number of amides is 1. The molecule has 1 heterocycles. The van der Waals surface area contributed by atoms with Crippen molar-refractivity contribution >= 4 is 23.6 Å². The van der Waals surface area contributed by atoms with Gasteiger partial charge in [0.15, 0.2) is 24.6 Å². The summed E-state index contributed by atoms with van der Waals surface area (Å²) in [5.74, 6) is -4.08. The fraction of sp³-hybridized carbons (Fsp3) is 0.467. The Bertz CT molecular complexity index is 2040. The van der Waals surface area contributed by atoms with Crippen molar-refractivity contribution in [3.63, 3.8) is 0 Å². The third kappa shape index (κ3) is 7.60. The van der Waals surface area contributed by atoms with Gasteiger partial charge in [-0.05, 0) is 66.7 Å². The van der Waals surface area contributed by atoms with E-state index in [1.165, 1.54) is 0 Å². The first-order valence-corrected chi connectivity index (χ1v) is 19.5. The molecule has 305 valence electrons. The summed E-state index contributed by atoms with van der Waals surface area (Å²) in [6, 6.07) is 24.4. The Balaban J connectivity index is 0.00000567. The van der Waals surface area contributed by atoms with E-state index in [0.717, 1.165) is 0 Å². The molecule has 3 aromatic carbocycles. The van der Waals surface area contributed by atoms with Crippen LogP contribution in [0.3, 0.4) is 0 Å². The minimum atomic E-state index is -1.90. The van der Waals surface area contributed by atoms with Crippen molar-refractivity contribution in [2.24, 2.45) is 22.7 Å². The number of Topliss-reactive ketones (excluding diaryl/α,β-unsaturated/α-hetero) is 1. The van der Waals surface area contributed by atoms with Crippen LogP contribution in [0.15, 0.2) is 102 Å². The van der Waals surface area contributed by atoms with E-state index >= 15 is 4.79 Å². The quantitative estimate of drug-likeness (QED) is 0.164. The van der Waals surface area contributed by atoms with Gasteiger partial charge >= 0.3 is 11.9 Å². The van der Waals surface area contributed by atoms with Gasteiger partial charge in [-0.15, -0.1) is 0 Å². The molecule has 1 aliphatic heterocycles. The second kappa shape index (κ2) is 16.9. The van der Waals surface area contributed by atoms with Gasteiger partial charge < -0.3 is 39.6 Å². The molecule has 0 aromatic heterocycles. The number of hydrogen-bond acceptors (Lipinski definition) is 11. The van der Waals surface area contributed by atoms with Gasteiger partial charge in [-0.25, -0.2) is 9.59 Å². The van der Waals surface area contributed by atoms with Crippen molar-refractivity contribution < 1.29 is 97.5 Å². The molecule has 0 spiro atoms. The average Bonchev–Trinajstić information content (AvgIpc) is 3.20. The normalized spacial score (nSPS) is 31.9. The molecule has 1 radical (unpaired) electrons. The molecule has 4 aliphatic rings. The molecular weight excluding hydrogens is 957 g/mol. The largest absolute Gasteiger partial charge is 0.482 e. The Morgan fingerprint density at radius 2 is 1.52 bits per heavy atom. The van der Waals surface area contributed by atoms with Crippen LogP contribution < -0.4 is 10.1 Å². The number of carbonyl (C=O) groups excluding carboxylic acids is 4. The van der Waals surface area contributed by atoms with Crippen LogP contribution >= 0.6 is 0 Å². The fourth-order valence-electron chi connectivity index (χ4n) is 10.2. The van der Waals surface area contributed by atoms with Crippen molar-refractivity contribution in [3.8, 4) is 5.75 Å².